The smallest absolute Gasteiger partial charge is 0.406 e. The van der Waals surface area contributed by atoms with Gasteiger partial charge in [0, 0.05) is 31.2 Å². The summed E-state index contributed by atoms with van der Waals surface area (Å²) >= 11 is 0. The van der Waals surface area contributed by atoms with Gasteiger partial charge in [-0.15, -0.1) is 13.2 Å². The van der Waals surface area contributed by atoms with Crippen LogP contribution in [-0.2, 0) is 7.05 Å². The second kappa shape index (κ2) is 6.34. The largest absolute Gasteiger partial charge is 0.573 e. The van der Waals surface area contributed by atoms with E-state index in [4.69, 9.17) is 0 Å². The van der Waals surface area contributed by atoms with Crippen LogP contribution in [0.5, 0.6) is 5.75 Å². The maximum Gasteiger partial charge on any atom is 0.573 e. The molecule has 6 nitrogen and oxygen atoms in total. The molecule has 0 saturated carbocycles. The number of nitrogens with zero attached hydrogens (tertiary/aromatic N) is 3. The van der Waals surface area contributed by atoms with E-state index in [9.17, 15) is 18.0 Å². The second-order valence-electron chi connectivity index (χ2n) is 5.13. The lowest BCUT2D eigenvalue weighted by Gasteiger charge is -2.11. The van der Waals surface area contributed by atoms with E-state index in [-0.39, 0.29) is 11.3 Å². The first-order chi connectivity index (χ1) is 11.8. The Bertz CT molecular complexity index is 885. The van der Waals surface area contributed by atoms with Crippen molar-refractivity contribution in [3.05, 3.63) is 60.6 Å². The number of nitrogens with one attached hydrogen (secondary N) is 1. The van der Waals surface area contributed by atoms with Crippen molar-refractivity contribution in [2.24, 2.45) is 7.05 Å². The number of halogens is 3. The highest BCUT2D eigenvalue weighted by Crippen LogP contribution is 2.25. The Labute approximate surface area is 140 Å². The zero-order valence-electron chi connectivity index (χ0n) is 13.0. The van der Waals surface area contributed by atoms with Gasteiger partial charge in [0.1, 0.15) is 17.1 Å². The highest BCUT2D eigenvalue weighted by atomic mass is 19.4. The molecule has 1 amide bonds. The fraction of sp³-hybridized carbons (Fsp3) is 0.125. The summed E-state index contributed by atoms with van der Waals surface area (Å²) in [7, 11) is 1.68. The predicted octanol–water partition coefficient (Wildman–Crippen LogP) is 3.36. The van der Waals surface area contributed by atoms with Crippen LogP contribution in [0.25, 0.3) is 5.82 Å². The third-order valence-corrected chi connectivity index (χ3v) is 3.33. The highest BCUT2D eigenvalue weighted by Gasteiger charge is 2.31. The van der Waals surface area contributed by atoms with Gasteiger partial charge in [-0.25, -0.2) is 0 Å². The van der Waals surface area contributed by atoms with Crippen LogP contribution in [-0.4, -0.2) is 26.6 Å². The van der Waals surface area contributed by atoms with Crippen molar-refractivity contribution in [2.45, 2.75) is 6.36 Å². The second-order valence-corrected chi connectivity index (χ2v) is 5.13. The number of aromatic nitrogens is 3. The van der Waals surface area contributed by atoms with Crippen molar-refractivity contribution in [3.63, 3.8) is 0 Å². The topological polar surface area (TPSA) is 61.1 Å². The molecular formula is C16H13F3N4O2. The SMILES string of the molecule is Cn1ncc(C(=O)Nc2cccc(OC(F)(F)F)c2)c1-n1cccc1. The summed E-state index contributed by atoms with van der Waals surface area (Å²) in [5.41, 5.74) is 0.454. The summed E-state index contributed by atoms with van der Waals surface area (Å²) in [6.07, 6.45) is 0.103. The van der Waals surface area contributed by atoms with Gasteiger partial charge in [-0.3, -0.25) is 9.48 Å². The monoisotopic (exact) mass is 350 g/mol. The number of alkyl halides is 3. The van der Waals surface area contributed by atoms with Gasteiger partial charge in [0.25, 0.3) is 5.91 Å². The molecular weight excluding hydrogens is 337 g/mol. The van der Waals surface area contributed by atoms with E-state index < -0.39 is 18.0 Å². The van der Waals surface area contributed by atoms with Gasteiger partial charge in [-0.05, 0) is 24.3 Å². The van der Waals surface area contributed by atoms with E-state index in [0.29, 0.717) is 5.82 Å². The van der Waals surface area contributed by atoms with Crippen LogP contribution in [0.4, 0.5) is 18.9 Å². The van der Waals surface area contributed by atoms with Gasteiger partial charge >= 0.3 is 6.36 Å². The third kappa shape index (κ3) is 3.82. The van der Waals surface area contributed by atoms with Crippen LogP contribution < -0.4 is 10.1 Å². The average Bonchev–Trinajstić information content (AvgIpc) is 3.14. The lowest BCUT2D eigenvalue weighted by Crippen LogP contribution is -2.18. The first kappa shape index (κ1) is 16.6. The minimum Gasteiger partial charge on any atom is -0.406 e. The van der Waals surface area contributed by atoms with Crippen LogP contribution in [0.15, 0.2) is 55.0 Å². The number of carbonyl (C=O) groups excluding carboxylic acids is 1. The van der Waals surface area contributed by atoms with Crippen molar-refractivity contribution < 1.29 is 22.7 Å². The van der Waals surface area contributed by atoms with E-state index in [0.717, 1.165) is 12.1 Å². The van der Waals surface area contributed by atoms with Gasteiger partial charge in [0.05, 0.1) is 6.20 Å². The van der Waals surface area contributed by atoms with E-state index in [2.05, 4.69) is 15.2 Å². The molecule has 0 spiro atoms. The van der Waals surface area contributed by atoms with Crippen molar-refractivity contribution in [3.8, 4) is 11.6 Å². The molecule has 0 fully saturated rings. The molecule has 9 heteroatoms. The van der Waals surface area contributed by atoms with Crippen LogP contribution in [0.3, 0.4) is 0 Å². The number of benzene rings is 1. The molecule has 130 valence electrons. The van der Waals surface area contributed by atoms with Crippen molar-refractivity contribution in [1.29, 1.82) is 0 Å². The third-order valence-electron chi connectivity index (χ3n) is 3.33. The van der Waals surface area contributed by atoms with E-state index >= 15 is 0 Å². The Morgan fingerprint density at radius 2 is 1.92 bits per heavy atom. The maximum absolute atomic E-state index is 12.5. The first-order valence-corrected chi connectivity index (χ1v) is 7.16. The first-order valence-electron chi connectivity index (χ1n) is 7.16. The number of rotatable bonds is 4. The predicted molar refractivity (Wildman–Crippen MR) is 83.6 cm³/mol. The zero-order chi connectivity index (χ0) is 18.0. The summed E-state index contributed by atoms with van der Waals surface area (Å²) in [6.45, 7) is 0. The molecule has 2 aromatic heterocycles. The Kier molecular flexibility index (Phi) is 4.22. The van der Waals surface area contributed by atoms with Gasteiger partial charge < -0.3 is 14.6 Å². The van der Waals surface area contributed by atoms with E-state index in [1.54, 1.807) is 36.1 Å². The number of ether oxygens (including phenoxy) is 1. The van der Waals surface area contributed by atoms with Crippen molar-refractivity contribution >= 4 is 11.6 Å². The molecule has 0 aliphatic heterocycles. The van der Waals surface area contributed by atoms with Crippen molar-refractivity contribution in [1.82, 2.24) is 14.3 Å². The van der Waals surface area contributed by atoms with Crippen LogP contribution in [0.2, 0.25) is 0 Å². The molecule has 0 unspecified atom stereocenters. The van der Waals surface area contributed by atoms with E-state index in [1.807, 2.05) is 0 Å². The minimum atomic E-state index is -4.80. The fourth-order valence-corrected chi connectivity index (χ4v) is 2.34. The highest BCUT2D eigenvalue weighted by molar-refractivity contribution is 6.06. The Morgan fingerprint density at radius 1 is 1.20 bits per heavy atom. The summed E-state index contributed by atoms with van der Waals surface area (Å²) in [6, 6.07) is 8.66. The molecule has 3 rings (SSSR count). The fourth-order valence-electron chi connectivity index (χ4n) is 2.34. The number of carbonyl (C=O) groups is 1. The molecule has 0 atom stereocenters. The van der Waals surface area contributed by atoms with E-state index in [1.165, 1.54) is 23.0 Å². The molecule has 0 saturated heterocycles. The summed E-state index contributed by atoms with van der Waals surface area (Å²) in [5.74, 6) is -0.381. The minimum absolute atomic E-state index is 0.175. The standard InChI is InChI=1S/C16H13F3N4O2/c1-22-15(23-7-2-3-8-23)13(10-20-22)14(24)21-11-5-4-6-12(9-11)25-16(17,18)19/h2-10H,1H3,(H,21,24). The zero-order valence-corrected chi connectivity index (χ0v) is 13.0. The summed E-state index contributed by atoms with van der Waals surface area (Å²) in [4.78, 5) is 12.5. The lowest BCUT2D eigenvalue weighted by atomic mass is 10.2. The number of hydrogen-bond donors (Lipinski definition) is 1. The molecule has 2 heterocycles. The summed E-state index contributed by atoms with van der Waals surface area (Å²) in [5, 5.41) is 6.61. The number of aryl methyl sites for hydroxylation is 1. The quantitative estimate of drug-likeness (QED) is 0.785. The summed E-state index contributed by atoms with van der Waals surface area (Å²) < 4.78 is 44.0. The molecule has 3 aromatic rings. The lowest BCUT2D eigenvalue weighted by molar-refractivity contribution is -0.274. The molecule has 0 aliphatic carbocycles. The molecule has 0 aliphatic rings. The molecule has 1 aromatic carbocycles. The maximum atomic E-state index is 12.5. The molecule has 25 heavy (non-hydrogen) atoms. The van der Waals surface area contributed by atoms with Crippen LogP contribution in [0.1, 0.15) is 10.4 Å². The van der Waals surface area contributed by atoms with Gasteiger partial charge in [0.15, 0.2) is 0 Å². The molecule has 0 radical (unpaired) electrons. The Balaban J connectivity index is 1.83. The number of anilines is 1. The number of amides is 1. The van der Waals surface area contributed by atoms with Crippen LogP contribution >= 0.6 is 0 Å². The van der Waals surface area contributed by atoms with Crippen LogP contribution in [0, 0.1) is 0 Å². The van der Waals surface area contributed by atoms with Gasteiger partial charge in [-0.1, -0.05) is 6.07 Å². The molecule has 0 bridgehead atoms. The Morgan fingerprint density at radius 3 is 2.60 bits per heavy atom. The van der Waals surface area contributed by atoms with Gasteiger partial charge in [0.2, 0.25) is 0 Å². The number of hydrogen-bond acceptors (Lipinski definition) is 3. The van der Waals surface area contributed by atoms with Crippen molar-refractivity contribution in [2.75, 3.05) is 5.32 Å². The molecule has 1 N–H and O–H groups in total. The average molecular weight is 350 g/mol. The van der Waals surface area contributed by atoms with Gasteiger partial charge in [-0.2, -0.15) is 5.10 Å². The normalized spacial score (nSPS) is 11.4. The Hall–Kier alpha value is -3.23.